The molecule has 3 heteroatoms. The summed E-state index contributed by atoms with van der Waals surface area (Å²) in [4.78, 5) is 4.66. The Kier molecular flexibility index (Phi) is 2.71. The van der Waals surface area contributed by atoms with E-state index in [1.165, 1.54) is 41.6 Å². The van der Waals surface area contributed by atoms with Crippen molar-refractivity contribution >= 4 is 0 Å². The van der Waals surface area contributed by atoms with Crippen molar-refractivity contribution in [3.63, 3.8) is 0 Å². The normalized spacial score (nSPS) is 13.9. The highest BCUT2D eigenvalue weighted by Gasteiger charge is 2.15. The zero-order chi connectivity index (χ0) is 12.7. The first-order valence-corrected chi connectivity index (χ1v) is 6.55. The highest BCUT2D eigenvalue weighted by molar-refractivity contribution is 5.64. The van der Waals surface area contributed by atoms with Gasteiger partial charge in [0, 0.05) is 18.3 Å². The topological polar surface area (TPSA) is 43.8 Å². The van der Waals surface area contributed by atoms with Gasteiger partial charge in [-0.05, 0) is 43.4 Å². The van der Waals surface area contributed by atoms with E-state index in [1.807, 2.05) is 7.05 Å². The van der Waals surface area contributed by atoms with Gasteiger partial charge in [0.2, 0.25) is 0 Å². The van der Waals surface area contributed by atoms with E-state index in [-0.39, 0.29) is 0 Å². The van der Waals surface area contributed by atoms with Crippen LogP contribution in [-0.2, 0) is 26.4 Å². The van der Waals surface area contributed by atoms with Crippen LogP contribution in [0.4, 0.5) is 0 Å². The van der Waals surface area contributed by atoms with E-state index in [1.54, 1.807) is 0 Å². The van der Waals surface area contributed by atoms with Gasteiger partial charge in [-0.1, -0.05) is 12.1 Å². The number of nitrogens with zero attached hydrogens (tertiary/aromatic N) is 2. The Hall–Kier alpha value is -1.61. The fourth-order valence-electron chi connectivity index (χ4n) is 2.81. The van der Waals surface area contributed by atoms with E-state index in [4.69, 9.17) is 5.73 Å². The maximum atomic E-state index is 5.72. The van der Waals surface area contributed by atoms with Gasteiger partial charge in [-0.2, -0.15) is 0 Å². The second-order valence-electron chi connectivity index (χ2n) is 5.06. The third-order valence-corrected chi connectivity index (χ3v) is 4.03. The minimum atomic E-state index is 0.488. The molecule has 0 atom stereocenters. The highest BCUT2D eigenvalue weighted by atomic mass is 15.1. The molecule has 0 amide bonds. The number of rotatable bonds is 2. The fourth-order valence-corrected chi connectivity index (χ4v) is 2.81. The van der Waals surface area contributed by atoms with E-state index >= 15 is 0 Å². The summed E-state index contributed by atoms with van der Waals surface area (Å²) in [6, 6.07) is 6.76. The maximum absolute atomic E-state index is 5.72. The lowest BCUT2D eigenvalue weighted by Gasteiger charge is -2.04. The number of benzene rings is 1. The smallest absolute Gasteiger partial charge is 0.123 e. The molecule has 1 aromatic heterocycles. The molecule has 1 aliphatic rings. The summed E-state index contributed by atoms with van der Waals surface area (Å²) in [7, 11) is 2.03. The van der Waals surface area contributed by atoms with Crippen molar-refractivity contribution < 1.29 is 0 Å². The van der Waals surface area contributed by atoms with Crippen molar-refractivity contribution in [2.24, 2.45) is 12.8 Å². The van der Waals surface area contributed by atoms with Gasteiger partial charge in [0.1, 0.15) is 5.82 Å². The van der Waals surface area contributed by atoms with Crippen molar-refractivity contribution in [3.8, 4) is 11.3 Å². The van der Waals surface area contributed by atoms with Gasteiger partial charge in [-0.25, -0.2) is 4.98 Å². The summed E-state index contributed by atoms with van der Waals surface area (Å²) in [5.74, 6) is 0.947. The van der Waals surface area contributed by atoms with Crippen LogP contribution in [0.3, 0.4) is 0 Å². The van der Waals surface area contributed by atoms with Crippen molar-refractivity contribution in [2.75, 3.05) is 0 Å². The second kappa shape index (κ2) is 4.25. The van der Waals surface area contributed by atoms with Crippen LogP contribution in [-0.4, -0.2) is 9.55 Å². The molecular formula is C15H19N3. The molecule has 3 rings (SSSR count). The fraction of sp³-hybridized carbons (Fsp3) is 0.400. The van der Waals surface area contributed by atoms with Crippen LogP contribution in [0.1, 0.15) is 29.1 Å². The van der Waals surface area contributed by atoms with Gasteiger partial charge in [0.25, 0.3) is 0 Å². The Bertz CT molecular complexity index is 596. The standard InChI is InChI=1S/C15H19N3/c1-10-15(17-14(9-16)18(10)2)13-7-6-11-4-3-5-12(11)8-13/h6-8H,3-5,9,16H2,1-2H3. The zero-order valence-electron chi connectivity index (χ0n) is 11.0. The molecule has 0 aliphatic heterocycles. The van der Waals surface area contributed by atoms with Gasteiger partial charge < -0.3 is 10.3 Å². The molecule has 18 heavy (non-hydrogen) atoms. The molecule has 0 unspecified atom stereocenters. The molecule has 2 aromatic rings. The minimum Gasteiger partial charge on any atom is -0.334 e. The Morgan fingerprint density at radius 3 is 2.78 bits per heavy atom. The summed E-state index contributed by atoms with van der Waals surface area (Å²) in [5.41, 5.74) is 12.2. The van der Waals surface area contributed by atoms with E-state index < -0.39 is 0 Å². The van der Waals surface area contributed by atoms with E-state index in [9.17, 15) is 0 Å². The van der Waals surface area contributed by atoms with Crippen LogP contribution in [0.2, 0.25) is 0 Å². The molecule has 3 nitrogen and oxygen atoms in total. The first-order valence-electron chi connectivity index (χ1n) is 6.55. The lowest BCUT2D eigenvalue weighted by atomic mass is 10.0. The third kappa shape index (κ3) is 1.66. The van der Waals surface area contributed by atoms with Gasteiger partial charge in [0.15, 0.2) is 0 Å². The van der Waals surface area contributed by atoms with Gasteiger partial charge in [-0.15, -0.1) is 0 Å². The monoisotopic (exact) mass is 241 g/mol. The molecule has 0 saturated carbocycles. The molecule has 0 radical (unpaired) electrons. The minimum absolute atomic E-state index is 0.488. The lowest BCUT2D eigenvalue weighted by molar-refractivity contribution is 0.774. The zero-order valence-corrected chi connectivity index (χ0v) is 11.0. The lowest BCUT2D eigenvalue weighted by Crippen LogP contribution is -2.05. The van der Waals surface area contributed by atoms with Crippen LogP contribution < -0.4 is 5.73 Å². The predicted octanol–water partition coefficient (Wildman–Crippen LogP) is 2.34. The van der Waals surface area contributed by atoms with Crippen molar-refractivity contribution in [1.82, 2.24) is 9.55 Å². The number of fused-ring (bicyclic) bond motifs is 1. The molecule has 94 valence electrons. The van der Waals surface area contributed by atoms with Gasteiger partial charge in [-0.3, -0.25) is 0 Å². The van der Waals surface area contributed by atoms with E-state index in [2.05, 4.69) is 34.7 Å². The van der Waals surface area contributed by atoms with Crippen molar-refractivity contribution in [1.29, 1.82) is 0 Å². The summed E-state index contributed by atoms with van der Waals surface area (Å²) >= 11 is 0. The summed E-state index contributed by atoms with van der Waals surface area (Å²) in [5, 5.41) is 0. The molecule has 0 bridgehead atoms. The molecule has 2 N–H and O–H groups in total. The Morgan fingerprint density at radius 2 is 2.06 bits per heavy atom. The first kappa shape index (κ1) is 11.5. The molecule has 0 fully saturated rings. The Labute approximate surface area is 108 Å². The number of aromatic nitrogens is 2. The predicted molar refractivity (Wildman–Crippen MR) is 73.3 cm³/mol. The number of aryl methyl sites for hydroxylation is 2. The molecule has 0 spiro atoms. The summed E-state index contributed by atoms with van der Waals surface area (Å²) < 4.78 is 2.09. The molecule has 1 heterocycles. The van der Waals surface area contributed by atoms with E-state index in [0.717, 1.165) is 11.5 Å². The molecular weight excluding hydrogens is 222 g/mol. The number of imidazole rings is 1. The largest absolute Gasteiger partial charge is 0.334 e. The van der Waals surface area contributed by atoms with Crippen LogP contribution in [0.5, 0.6) is 0 Å². The van der Waals surface area contributed by atoms with Crippen molar-refractivity contribution in [2.45, 2.75) is 32.7 Å². The highest BCUT2D eigenvalue weighted by Crippen LogP contribution is 2.29. The Morgan fingerprint density at radius 1 is 1.28 bits per heavy atom. The number of hydrogen-bond donors (Lipinski definition) is 1. The van der Waals surface area contributed by atoms with Crippen LogP contribution in [0.25, 0.3) is 11.3 Å². The van der Waals surface area contributed by atoms with Crippen LogP contribution >= 0.6 is 0 Å². The van der Waals surface area contributed by atoms with Crippen LogP contribution in [0, 0.1) is 6.92 Å². The van der Waals surface area contributed by atoms with E-state index in [0.29, 0.717) is 6.54 Å². The quantitative estimate of drug-likeness (QED) is 0.877. The van der Waals surface area contributed by atoms with Crippen molar-refractivity contribution in [3.05, 3.63) is 40.8 Å². The average molecular weight is 241 g/mol. The van der Waals surface area contributed by atoms with Gasteiger partial charge in [0.05, 0.1) is 12.2 Å². The summed E-state index contributed by atoms with van der Waals surface area (Å²) in [6.07, 6.45) is 3.72. The molecule has 0 saturated heterocycles. The third-order valence-electron chi connectivity index (χ3n) is 4.03. The first-order chi connectivity index (χ1) is 8.70. The Balaban J connectivity index is 2.10. The number of nitrogens with two attached hydrogens (primary N) is 1. The van der Waals surface area contributed by atoms with Crippen LogP contribution in [0.15, 0.2) is 18.2 Å². The molecule has 1 aromatic carbocycles. The summed E-state index contributed by atoms with van der Waals surface area (Å²) in [6.45, 7) is 2.59. The maximum Gasteiger partial charge on any atom is 0.123 e. The average Bonchev–Trinajstić information content (AvgIpc) is 2.95. The number of hydrogen-bond acceptors (Lipinski definition) is 2. The SMILES string of the molecule is Cc1c(-c2ccc3c(c2)CCC3)nc(CN)n1C. The van der Waals surface area contributed by atoms with Gasteiger partial charge >= 0.3 is 0 Å². The second-order valence-corrected chi connectivity index (χ2v) is 5.06. The molecule has 1 aliphatic carbocycles.